The van der Waals surface area contributed by atoms with Crippen molar-refractivity contribution in [2.24, 2.45) is 0 Å². The number of carbonyl (C=O) groups excluding carboxylic acids is 1. The molecule has 3 heterocycles. The monoisotopic (exact) mass is 563 g/mol. The largest absolute Gasteiger partial charge is 0.433 e. The standard InChI is InChI=1S/C30H32F3N7O/c1-5-38(6-2)15-16-39-25-10-8-7-9-23(25)36-29(39)37-28(41)22-18-34-40-26(30(31,32)33)17-24(35-27(22)40)21-13-11-20(12-14-21)19(3)4/h7-14,17-19H,5-6,15-16H2,1-4H3,(H,36,37,41). The number of benzene rings is 2. The van der Waals surface area contributed by atoms with E-state index in [1.54, 1.807) is 12.1 Å². The number of anilines is 1. The molecule has 0 saturated heterocycles. The Morgan fingerprint density at radius 3 is 2.39 bits per heavy atom. The molecular formula is C30H32F3N7O. The molecule has 0 bridgehead atoms. The van der Waals surface area contributed by atoms with Gasteiger partial charge in [0.15, 0.2) is 11.3 Å². The Hall–Kier alpha value is -4.25. The van der Waals surface area contributed by atoms with Gasteiger partial charge >= 0.3 is 6.18 Å². The lowest BCUT2D eigenvalue weighted by Gasteiger charge is -2.19. The number of hydrogen-bond donors (Lipinski definition) is 1. The highest BCUT2D eigenvalue weighted by Gasteiger charge is 2.36. The van der Waals surface area contributed by atoms with Gasteiger partial charge in [-0.2, -0.15) is 18.3 Å². The van der Waals surface area contributed by atoms with E-state index in [9.17, 15) is 18.0 Å². The molecule has 0 spiro atoms. The molecule has 0 saturated carbocycles. The lowest BCUT2D eigenvalue weighted by Crippen LogP contribution is -2.27. The summed E-state index contributed by atoms with van der Waals surface area (Å²) in [7, 11) is 0. The maximum atomic E-state index is 14.1. The summed E-state index contributed by atoms with van der Waals surface area (Å²) in [6, 6.07) is 15.7. The maximum absolute atomic E-state index is 14.1. The number of amides is 1. The Bertz CT molecular complexity index is 1680. The molecule has 1 amide bonds. The first kappa shape index (κ1) is 28.3. The third-order valence-corrected chi connectivity index (χ3v) is 7.29. The van der Waals surface area contributed by atoms with E-state index in [0.717, 1.165) is 43.0 Å². The van der Waals surface area contributed by atoms with Gasteiger partial charge < -0.3 is 9.47 Å². The molecule has 0 atom stereocenters. The Morgan fingerprint density at radius 2 is 1.73 bits per heavy atom. The number of imidazole rings is 1. The molecule has 2 aromatic carbocycles. The fourth-order valence-electron chi connectivity index (χ4n) is 4.86. The fourth-order valence-corrected chi connectivity index (χ4v) is 4.86. The topological polar surface area (TPSA) is 80.3 Å². The van der Waals surface area contributed by atoms with Gasteiger partial charge in [-0.1, -0.05) is 64.1 Å². The van der Waals surface area contributed by atoms with E-state index in [4.69, 9.17) is 0 Å². The molecule has 0 unspecified atom stereocenters. The van der Waals surface area contributed by atoms with Crippen molar-refractivity contribution in [1.29, 1.82) is 0 Å². The van der Waals surface area contributed by atoms with E-state index < -0.39 is 17.8 Å². The summed E-state index contributed by atoms with van der Waals surface area (Å²) in [5.41, 5.74) is 1.92. The number of halogens is 3. The van der Waals surface area contributed by atoms with Crippen molar-refractivity contribution in [2.75, 3.05) is 25.0 Å². The van der Waals surface area contributed by atoms with Crippen molar-refractivity contribution in [2.45, 2.75) is 46.3 Å². The first-order valence-corrected chi connectivity index (χ1v) is 13.7. The van der Waals surface area contributed by atoms with Crippen LogP contribution in [-0.2, 0) is 12.7 Å². The molecule has 214 valence electrons. The quantitative estimate of drug-likeness (QED) is 0.222. The Kier molecular flexibility index (Phi) is 7.81. The van der Waals surface area contributed by atoms with Crippen LogP contribution in [0.5, 0.6) is 0 Å². The molecule has 0 aliphatic rings. The normalized spacial score (nSPS) is 12.2. The molecule has 0 fully saturated rings. The summed E-state index contributed by atoms with van der Waals surface area (Å²) >= 11 is 0. The molecule has 8 nitrogen and oxygen atoms in total. The number of para-hydroxylation sites is 2. The zero-order valence-corrected chi connectivity index (χ0v) is 23.4. The van der Waals surface area contributed by atoms with Gasteiger partial charge in [0.1, 0.15) is 5.56 Å². The van der Waals surface area contributed by atoms with Crippen LogP contribution >= 0.6 is 0 Å². The fraction of sp³-hybridized carbons (Fsp3) is 0.333. The zero-order valence-electron chi connectivity index (χ0n) is 23.4. The molecule has 11 heteroatoms. The second kappa shape index (κ2) is 11.3. The Morgan fingerprint density at radius 1 is 1.02 bits per heavy atom. The van der Waals surface area contributed by atoms with Crippen molar-refractivity contribution >= 4 is 28.5 Å². The number of fused-ring (bicyclic) bond motifs is 2. The lowest BCUT2D eigenvalue weighted by atomic mass is 10.0. The van der Waals surface area contributed by atoms with Crippen molar-refractivity contribution in [3.63, 3.8) is 0 Å². The first-order chi connectivity index (χ1) is 19.6. The van der Waals surface area contributed by atoms with Gasteiger partial charge in [0.2, 0.25) is 5.95 Å². The summed E-state index contributed by atoms with van der Waals surface area (Å²) in [6.45, 7) is 11.3. The van der Waals surface area contributed by atoms with E-state index in [2.05, 4.69) is 39.1 Å². The summed E-state index contributed by atoms with van der Waals surface area (Å²) < 4.78 is 44.9. The van der Waals surface area contributed by atoms with Crippen molar-refractivity contribution in [3.05, 3.63) is 77.6 Å². The third kappa shape index (κ3) is 5.67. The van der Waals surface area contributed by atoms with Crippen molar-refractivity contribution in [1.82, 2.24) is 29.0 Å². The van der Waals surface area contributed by atoms with Crippen LogP contribution in [0.2, 0.25) is 0 Å². The van der Waals surface area contributed by atoms with Crippen LogP contribution in [0, 0.1) is 0 Å². The molecule has 3 aromatic heterocycles. The van der Waals surface area contributed by atoms with Crippen LogP contribution in [0.15, 0.2) is 60.8 Å². The number of likely N-dealkylation sites (N-methyl/N-ethyl adjacent to an activating group) is 1. The summed E-state index contributed by atoms with van der Waals surface area (Å²) in [4.78, 5) is 24.9. The molecule has 5 aromatic rings. The van der Waals surface area contributed by atoms with Gasteiger partial charge in [0, 0.05) is 18.7 Å². The molecule has 0 radical (unpaired) electrons. The van der Waals surface area contributed by atoms with Crippen LogP contribution in [0.4, 0.5) is 19.1 Å². The minimum atomic E-state index is -4.72. The number of aromatic nitrogens is 5. The number of rotatable bonds is 9. The highest BCUT2D eigenvalue weighted by Crippen LogP contribution is 2.33. The highest BCUT2D eigenvalue weighted by atomic mass is 19.4. The summed E-state index contributed by atoms with van der Waals surface area (Å²) in [5, 5.41) is 6.72. The summed E-state index contributed by atoms with van der Waals surface area (Å²) in [6.07, 6.45) is -3.60. The second-order valence-corrected chi connectivity index (χ2v) is 10.2. The number of nitrogens with zero attached hydrogens (tertiary/aromatic N) is 6. The van der Waals surface area contributed by atoms with Crippen LogP contribution in [0.25, 0.3) is 27.9 Å². The number of alkyl halides is 3. The van der Waals surface area contributed by atoms with Crippen LogP contribution < -0.4 is 5.32 Å². The number of carbonyl (C=O) groups is 1. The molecule has 41 heavy (non-hydrogen) atoms. The smallest absolute Gasteiger partial charge is 0.309 e. The predicted molar refractivity (Wildman–Crippen MR) is 153 cm³/mol. The molecule has 5 rings (SSSR count). The van der Waals surface area contributed by atoms with E-state index in [-0.39, 0.29) is 22.8 Å². The lowest BCUT2D eigenvalue weighted by molar-refractivity contribution is -0.142. The van der Waals surface area contributed by atoms with E-state index in [1.807, 2.05) is 54.8 Å². The van der Waals surface area contributed by atoms with Crippen LogP contribution in [0.3, 0.4) is 0 Å². The minimum absolute atomic E-state index is 0.0847. The third-order valence-electron chi connectivity index (χ3n) is 7.29. The average molecular weight is 564 g/mol. The molecule has 0 aliphatic heterocycles. The van der Waals surface area contributed by atoms with Gasteiger partial charge in [0.05, 0.1) is 22.9 Å². The van der Waals surface area contributed by atoms with Crippen LogP contribution in [-0.4, -0.2) is 54.6 Å². The minimum Gasteiger partial charge on any atom is -0.309 e. The van der Waals surface area contributed by atoms with Crippen molar-refractivity contribution in [3.8, 4) is 11.3 Å². The number of nitrogens with one attached hydrogen (secondary N) is 1. The van der Waals surface area contributed by atoms with Gasteiger partial charge in [0.25, 0.3) is 5.91 Å². The average Bonchev–Trinajstić information content (AvgIpc) is 3.53. The van der Waals surface area contributed by atoms with Gasteiger partial charge in [-0.25, -0.2) is 14.5 Å². The van der Waals surface area contributed by atoms with Gasteiger partial charge in [-0.15, -0.1) is 0 Å². The molecule has 0 aliphatic carbocycles. The molecule has 1 N–H and O–H groups in total. The SMILES string of the molecule is CCN(CC)CCn1c(NC(=O)c2cnn3c(C(F)(F)F)cc(-c4ccc(C(C)C)cc4)nc23)nc2ccccc21. The van der Waals surface area contributed by atoms with Gasteiger partial charge in [-0.3, -0.25) is 10.1 Å². The second-order valence-electron chi connectivity index (χ2n) is 10.2. The Labute approximate surface area is 235 Å². The first-order valence-electron chi connectivity index (χ1n) is 13.7. The van der Waals surface area contributed by atoms with E-state index >= 15 is 0 Å². The van der Waals surface area contributed by atoms with E-state index in [0.29, 0.717) is 28.1 Å². The Balaban J connectivity index is 1.55. The van der Waals surface area contributed by atoms with Crippen LogP contribution in [0.1, 0.15) is 55.2 Å². The predicted octanol–water partition coefficient (Wildman–Crippen LogP) is 6.48. The summed E-state index contributed by atoms with van der Waals surface area (Å²) in [5.74, 6) is -0.0712. The van der Waals surface area contributed by atoms with E-state index in [1.165, 1.54) is 0 Å². The maximum Gasteiger partial charge on any atom is 0.433 e. The van der Waals surface area contributed by atoms with Gasteiger partial charge in [-0.05, 0) is 42.8 Å². The highest BCUT2D eigenvalue weighted by molar-refractivity contribution is 6.08. The zero-order chi connectivity index (χ0) is 29.3. The van der Waals surface area contributed by atoms with Crippen molar-refractivity contribution < 1.29 is 18.0 Å². The number of hydrogen-bond acceptors (Lipinski definition) is 5. The molecular weight excluding hydrogens is 531 g/mol.